The number of aryl methyl sites for hydroxylation is 1. The average molecular weight is 522 g/mol. The summed E-state index contributed by atoms with van der Waals surface area (Å²) in [6.07, 6.45) is 5.46. The van der Waals surface area contributed by atoms with Crippen molar-refractivity contribution in [2.75, 3.05) is 38.2 Å². The molecular formula is C34H39N3O2. The molecule has 0 atom stereocenters. The second-order valence-electron chi connectivity index (χ2n) is 11.1. The summed E-state index contributed by atoms with van der Waals surface area (Å²) in [6, 6.07) is 29.9. The Morgan fingerprint density at radius 1 is 0.897 bits per heavy atom. The van der Waals surface area contributed by atoms with E-state index >= 15 is 0 Å². The summed E-state index contributed by atoms with van der Waals surface area (Å²) in [5.41, 5.74) is 6.63. The van der Waals surface area contributed by atoms with E-state index in [1.165, 1.54) is 24.8 Å². The maximum atomic E-state index is 6.45. The van der Waals surface area contributed by atoms with E-state index in [4.69, 9.17) is 9.47 Å². The normalized spacial score (nSPS) is 18.3. The molecule has 0 aliphatic carbocycles. The Morgan fingerprint density at radius 3 is 2.49 bits per heavy atom. The Labute approximate surface area is 232 Å². The number of aromatic nitrogens is 1. The minimum absolute atomic E-state index is 0.701. The van der Waals surface area contributed by atoms with E-state index in [1.807, 2.05) is 13.0 Å². The average Bonchev–Trinajstić information content (AvgIpc) is 2.98. The number of anilines is 2. The number of likely N-dealkylation sites (tertiary alicyclic amines) is 1. The van der Waals surface area contributed by atoms with Gasteiger partial charge in [-0.05, 0) is 81.4 Å². The summed E-state index contributed by atoms with van der Waals surface area (Å²) < 4.78 is 12.9. The van der Waals surface area contributed by atoms with Gasteiger partial charge in [0.15, 0.2) is 5.79 Å². The van der Waals surface area contributed by atoms with Crippen molar-refractivity contribution in [1.29, 1.82) is 0 Å². The lowest BCUT2D eigenvalue weighted by Crippen LogP contribution is -2.43. The van der Waals surface area contributed by atoms with Gasteiger partial charge in [-0.1, -0.05) is 60.7 Å². The summed E-state index contributed by atoms with van der Waals surface area (Å²) in [6.45, 7) is 6.75. The largest absolute Gasteiger partial charge is 0.355 e. The number of pyridine rings is 1. The lowest BCUT2D eigenvalue weighted by atomic mass is 9.90. The Kier molecular flexibility index (Phi) is 7.91. The summed E-state index contributed by atoms with van der Waals surface area (Å²) in [4.78, 5) is 7.29. The molecule has 39 heavy (non-hydrogen) atoms. The standard InChI is InChI=1S/C34H39N3O2/c1-26-23-33(31-13-5-6-14-32(31)35-26)36-30-12-7-11-29(25-30)34(38-21-8-22-39-34)17-20-37-18-15-28(16-19-37)24-27-9-3-2-4-10-27/h2-7,9-14,23,25,28H,8,15-22,24H2,1H3,(H,35,36). The molecular weight excluding hydrogens is 482 g/mol. The maximum absolute atomic E-state index is 6.45. The summed E-state index contributed by atoms with van der Waals surface area (Å²) in [5, 5.41) is 4.77. The van der Waals surface area contributed by atoms with Crippen LogP contribution >= 0.6 is 0 Å². The third-order valence-electron chi connectivity index (χ3n) is 8.22. The van der Waals surface area contributed by atoms with Crippen LogP contribution in [0.1, 0.15) is 42.5 Å². The highest BCUT2D eigenvalue weighted by atomic mass is 16.7. The second-order valence-corrected chi connectivity index (χ2v) is 11.1. The molecule has 0 radical (unpaired) electrons. The zero-order chi connectivity index (χ0) is 26.5. The highest BCUT2D eigenvalue weighted by Crippen LogP contribution is 2.37. The van der Waals surface area contributed by atoms with Gasteiger partial charge in [0, 0.05) is 41.0 Å². The third-order valence-corrected chi connectivity index (χ3v) is 8.22. The number of hydrogen-bond donors (Lipinski definition) is 1. The fraction of sp³-hybridized carbons (Fsp3) is 0.382. The first-order valence-corrected chi connectivity index (χ1v) is 14.5. The van der Waals surface area contributed by atoms with Crippen molar-refractivity contribution in [2.24, 2.45) is 5.92 Å². The van der Waals surface area contributed by atoms with Crippen LogP contribution in [-0.4, -0.2) is 42.7 Å². The molecule has 1 N–H and O–H groups in total. The van der Waals surface area contributed by atoms with E-state index in [2.05, 4.69) is 94.1 Å². The van der Waals surface area contributed by atoms with Crippen molar-refractivity contribution in [2.45, 2.75) is 44.8 Å². The molecule has 202 valence electrons. The van der Waals surface area contributed by atoms with Gasteiger partial charge in [-0.15, -0.1) is 0 Å². The number of fused-ring (bicyclic) bond motifs is 1. The van der Waals surface area contributed by atoms with E-state index in [1.54, 1.807) is 0 Å². The third kappa shape index (κ3) is 6.17. The van der Waals surface area contributed by atoms with Gasteiger partial charge in [0.2, 0.25) is 0 Å². The van der Waals surface area contributed by atoms with Gasteiger partial charge >= 0.3 is 0 Å². The molecule has 4 aromatic rings. The second kappa shape index (κ2) is 11.9. The molecule has 2 fully saturated rings. The van der Waals surface area contributed by atoms with Gasteiger partial charge in [0.25, 0.3) is 0 Å². The molecule has 0 unspecified atom stereocenters. The molecule has 0 amide bonds. The molecule has 0 saturated carbocycles. The van der Waals surface area contributed by atoms with Gasteiger partial charge in [-0.25, -0.2) is 0 Å². The summed E-state index contributed by atoms with van der Waals surface area (Å²) in [5.74, 6) is 0.0722. The van der Waals surface area contributed by atoms with Crippen molar-refractivity contribution in [3.05, 3.63) is 102 Å². The van der Waals surface area contributed by atoms with Gasteiger partial charge < -0.3 is 19.7 Å². The van der Waals surface area contributed by atoms with Crippen LogP contribution in [0.25, 0.3) is 10.9 Å². The minimum atomic E-state index is -0.701. The van der Waals surface area contributed by atoms with Gasteiger partial charge in [-0.3, -0.25) is 4.98 Å². The Bertz CT molecular complexity index is 1380. The van der Waals surface area contributed by atoms with E-state index in [0.29, 0.717) is 0 Å². The molecule has 0 spiro atoms. The SMILES string of the molecule is Cc1cc(Nc2cccc(C3(CCN4CCC(Cc5ccccc5)CC4)OCCCO3)c2)c2ccccc2n1. The number of hydrogen-bond acceptors (Lipinski definition) is 5. The minimum Gasteiger partial charge on any atom is -0.355 e. The number of nitrogens with zero attached hydrogens (tertiary/aromatic N) is 2. The number of para-hydroxylation sites is 1. The molecule has 6 rings (SSSR count). The number of piperidine rings is 1. The number of rotatable bonds is 8. The zero-order valence-electron chi connectivity index (χ0n) is 22.9. The highest BCUT2D eigenvalue weighted by molar-refractivity contribution is 5.93. The molecule has 5 nitrogen and oxygen atoms in total. The first-order chi connectivity index (χ1) is 19.2. The van der Waals surface area contributed by atoms with Crippen molar-refractivity contribution in [1.82, 2.24) is 9.88 Å². The monoisotopic (exact) mass is 521 g/mol. The van der Waals surface area contributed by atoms with Crippen LogP contribution in [0.15, 0.2) is 84.9 Å². The fourth-order valence-corrected chi connectivity index (χ4v) is 6.10. The molecule has 3 aromatic carbocycles. The molecule has 5 heteroatoms. The Hall–Kier alpha value is -3.25. The van der Waals surface area contributed by atoms with E-state index in [9.17, 15) is 0 Å². The molecule has 0 bridgehead atoms. The first kappa shape index (κ1) is 26.0. The zero-order valence-corrected chi connectivity index (χ0v) is 22.9. The van der Waals surface area contributed by atoms with Crippen LogP contribution in [0.4, 0.5) is 11.4 Å². The van der Waals surface area contributed by atoms with Crippen molar-refractivity contribution < 1.29 is 9.47 Å². The topological polar surface area (TPSA) is 46.6 Å². The number of nitrogens with one attached hydrogen (secondary N) is 1. The van der Waals surface area contributed by atoms with Crippen LogP contribution in [-0.2, 0) is 21.7 Å². The van der Waals surface area contributed by atoms with E-state index < -0.39 is 5.79 Å². The van der Waals surface area contributed by atoms with Crippen LogP contribution < -0.4 is 5.32 Å². The van der Waals surface area contributed by atoms with Crippen LogP contribution in [0.5, 0.6) is 0 Å². The maximum Gasteiger partial charge on any atom is 0.196 e. The molecule has 2 aliphatic rings. The fourth-order valence-electron chi connectivity index (χ4n) is 6.10. The van der Waals surface area contributed by atoms with Crippen LogP contribution in [0.2, 0.25) is 0 Å². The molecule has 2 aliphatic heterocycles. The first-order valence-electron chi connectivity index (χ1n) is 14.5. The lowest BCUT2D eigenvalue weighted by Gasteiger charge is -2.40. The quantitative estimate of drug-likeness (QED) is 0.265. The van der Waals surface area contributed by atoms with E-state index in [0.717, 1.165) is 85.1 Å². The lowest BCUT2D eigenvalue weighted by molar-refractivity contribution is -0.281. The van der Waals surface area contributed by atoms with E-state index in [-0.39, 0.29) is 0 Å². The highest BCUT2D eigenvalue weighted by Gasteiger charge is 2.37. The van der Waals surface area contributed by atoms with Crippen molar-refractivity contribution in [3.63, 3.8) is 0 Å². The van der Waals surface area contributed by atoms with Gasteiger partial charge in [0.1, 0.15) is 0 Å². The summed E-state index contributed by atoms with van der Waals surface area (Å²) in [7, 11) is 0. The molecule has 2 saturated heterocycles. The Morgan fingerprint density at radius 2 is 1.67 bits per heavy atom. The molecule has 1 aromatic heterocycles. The Balaban J connectivity index is 1.14. The number of ether oxygens (including phenoxy) is 2. The van der Waals surface area contributed by atoms with Gasteiger partial charge in [0.05, 0.1) is 18.7 Å². The number of benzene rings is 3. The van der Waals surface area contributed by atoms with Crippen molar-refractivity contribution in [3.8, 4) is 0 Å². The molecule has 3 heterocycles. The predicted octanol–water partition coefficient (Wildman–Crippen LogP) is 7.22. The van der Waals surface area contributed by atoms with Crippen LogP contribution in [0.3, 0.4) is 0 Å². The van der Waals surface area contributed by atoms with Crippen molar-refractivity contribution >= 4 is 22.3 Å². The van der Waals surface area contributed by atoms with Gasteiger partial charge in [-0.2, -0.15) is 0 Å². The van der Waals surface area contributed by atoms with Crippen LogP contribution in [0, 0.1) is 12.8 Å². The smallest absolute Gasteiger partial charge is 0.196 e. The summed E-state index contributed by atoms with van der Waals surface area (Å²) >= 11 is 0. The predicted molar refractivity (Wildman–Crippen MR) is 158 cm³/mol.